The number of nitrogens with zero attached hydrogens (tertiary/aromatic N) is 5. The highest BCUT2D eigenvalue weighted by Gasteiger charge is 2.21. The van der Waals surface area contributed by atoms with E-state index in [1.54, 1.807) is 0 Å². The van der Waals surface area contributed by atoms with Crippen LogP contribution in [0.5, 0.6) is 0 Å². The van der Waals surface area contributed by atoms with E-state index >= 15 is 0 Å². The minimum atomic E-state index is 0.592. The Bertz CT molecular complexity index is 620. The Morgan fingerprint density at radius 2 is 2.22 bits per heavy atom. The van der Waals surface area contributed by atoms with Gasteiger partial charge < -0.3 is 9.09 Å². The van der Waals surface area contributed by atoms with Crippen LogP contribution in [-0.4, -0.2) is 50.7 Å². The van der Waals surface area contributed by atoms with Gasteiger partial charge in [-0.25, -0.2) is 0 Å². The molecule has 0 spiro atoms. The lowest BCUT2D eigenvalue weighted by Crippen LogP contribution is -2.33. The van der Waals surface area contributed by atoms with Crippen LogP contribution in [0.4, 0.5) is 0 Å². The molecule has 6 nitrogen and oxygen atoms in total. The van der Waals surface area contributed by atoms with Gasteiger partial charge in [-0.05, 0) is 51.0 Å². The molecule has 0 bridgehead atoms. The first kappa shape index (κ1) is 16.2. The van der Waals surface area contributed by atoms with Crippen molar-refractivity contribution in [2.75, 3.05) is 20.1 Å². The van der Waals surface area contributed by atoms with Crippen molar-refractivity contribution in [2.24, 2.45) is 7.05 Å². The smallest absolute Gasteiger partial charge is 0.223 e. The highest BCUT2D eigenvalue weighted by molar-refractivity contribution is 5.09. The Labute approximate surface area is 138 Å². The zero-order chi connectivity index (χ0) is 16.2. The van der Waals surface area contributed by atoms with Gasteiger partial charge in [-0.2, -0.15) is 4.98 Å². The fourth-order valence-electron chi connectivity index (χ4n) is 3.41. The van der Waals surface area contributed by atoms with Gasteiger partial charge in [0.15, 0.2) is 5.82 Å². The second-order valence-electron chi connectivity index (χ2n) is 6.69. The number of likely N-dealkylation sites (tertiary alicyclic amines) is 1. The lowest BCUT2D eigenvalue weighted by Gasteiger charge is -2.26. The van der Waals surface area contributed by atoms with Crippen LogP contribution >= 0.6 is 0 Å². The standard InChI is InChI=1S/C17H27N5O/c1-14-18-17(19-23-14)13-21(3)16-5-4-8-22(10-7-16)12-15-6-9-20(2)11-15/h6,9,11,16H,4-5,7-8,10,12-13H2,1-3H3/t16-/m1/s1. The maximum atomic E-state index is 5.06. The van der Waals surface area contributed by atoms with Crippen molar-refractivity contribution in [3.63, 3.8) is 0 Å². The SMILES string of the molecule is Cc1nc(CN(C)[C@@H]2CCCN(Cc3ccn(C)c3)CC2)no1. The van der Waals surface area contributed by atoms with Crippen molar-refractivity contribution in [1.29, 1.82) is 0 Å². The van der Waals surface area contributed by atoms with E-state index in [0.29, 0.717) is 11.9 Å². The maximum Gasteiger partial charge on any atom is 0.223 e. The molecule has 0 unspecified atom stereocenters. The highest BCUT2D eigenvalue weighted by Crippen LogP contribution is 2.19. The summed E-state index contributed by atoms with van der Waals surface area (Å²) in [7, 11) is 4.25. The Balaban J connectivity index is 1.51. The molecule has 2 aromatic rings. The van der Waals surface area contributed by atoms with Gasteiger partial charge in [0.2, 0.25) is 5.89 Å². The number of rotatable bonds is 5. The molecule has 3 rings (SSSR count). The van der Waals surface area contributed by atoms with Crippen molar-refractivity contribution >= 4 is 0 Å². The first-order valence-corrected chi connectivity index (χ1v) is 8.43. The van der Waals surface area contributed by atoms with E-state index in [1.165, 1.54) is 31.4 Å². The number of aryl methyl sites for hydroxylation is 2. The molecule has 1 aliphatic heterocycles. The summed E-state index contributed by atoms with van der Waals surface area (Å²) in [4.78, 5) is 9.25. The van der Waals surface area contributed by atoms with Crippen molar-refractivity contribution < 1.29 is 4.52 Å². The Morgan fingerprint density at radius 3 is 2.91 bits per heavy atom. The average Bonchev–Trinajstić information content (AvgIpc) is 3.02. The molecule has 3 heterocycles. The summed E-state index contributed by atoms with van der Waals surface area (Å²) >= 11 is 0. The molecule has 1 fully saturated rings. The third-order valence-corrected chi connectivity index (χ3v) is 4.67. The molecule has 0 amide bonds. The number of aromatic nitrogens is 3. The molecular formula is C17H27N5O. The summed E-state index contributed by atoms with van der Waals surface area (Å²) in [5.74, 6) is 1.43. The van der Waals surface area contributed by atoms with Crippen LogP contribution < -0.4 is 0 Å². The van der Waals surface area contributed by atoms with Crippen LogP contribution in [-0.2, 0) is 20.1 Å². The minimum absolute atomic E-state index is 0.592. The Hall–Kier alpha value is -1.66. The van der Waals surface area contributed by atoms with Crippen molar-refractivity contribution in [3.8, 4) is 0 Å². The molecule has 1 aliphatic rings. The third kappa shape index (κ3) is 4.42. The number of hydrogen-bond acceptors (Lipinski definition) is 5. The molecular weight excluding hydrogens is 290 g/mol. The lowest BCUT2D eigenvalue weighted by molar-refractivity contribution is 0.200. The second kappa shape index (κ2) is 7.27. The van der Waals surface area contributed by atoms with E-state index in [2.05, 4.69) is 57.1 Å². The van der Waals surface area contributed by atoms with Gasteiger partial charge in [0, 0.05) is 39.0 Å². The second-order valence-corrected chi connectivity index (χ2v) is 6.69. The van der Waals surface area contributed by atoms with Gasteiger partial charge in [0.05, 0.1) is 6.54 Å². The van der Waals surface area contributed by atoms with Crippen LogP contribution in [0.2, 0.25) is 0 Å². The van der Waals surface area contributed by atoms with Crippen LogP contribution in [0.1, 0.15) is 36.5 Å². The van der Waals surface area contributed by atoms with Crippen molar-refractivity contribution in [2.45, 2.75) is 45.3 Å². The predicted octanol–water partition coefficient (Wildman–Crippen LogP) is 2.20. The summed E-state index contributed by atoms with van der Waals surface area (Å²) in [6.07, 6.45) is 8.01. The molecule has 6 heteroatoms. The molecule has 23 heavy (non-hydrogen) atoms. The quantitative estimate of drug-likeness (QED) is 0.846. The maximum absolute atomic E-state index is 5.06. The van der Waals surface area contributed by atoms with Crippen molar-refractivity contribution in [1.82, 2.24) is 24.5 Å². The van der Waals surface area contributed by atoms with E-state index in [4.69, 9.17) is 4.52 Å². The van der Waals surface area contributed by atoms with Crippen LogP contribution in [0.25, 0.3) is 0 Å². The summed E-state index contributed by atoms with van der Waals surface area (Å²) in [6, 6.07) is 2.81. The third-order valence-electron chi connectivity index (χ3n) is 4.67. The minimum Gasteiger partial charge on any atom is -0.357 e. The normalized spacial score (nSPS) is 20.1. The van der Waals surface area contributed by atoms with E-state index in [0.717, 1.165) is 25.5 Å². The summed E-state index contributed by atoms with van der Waals surface area (Å²) in [6.45, 7) is 5.99. The van der Waals surface area contributed by atoms with Crippen LogP contribution in [0.3, 0.4) is 0 Å². The van der Waals surface area contributed by atoms with Gasteiger partial charge in [-0.1, -0.05) is 5.16 Å². The van der Waals surface area contributed by atoms with Crippen LogP contribution in [0.15, 0.2) is 23.0 Å². The van der Waals surface area contributed by atoms with Gasteiger partial charge in [0.25, 0.3) is 0 Å². The summed E-state index contributed by atoms with van der Waals surface area (Å²) in [5, 5.41) is 4.01. The largest absolute Gasteiger partial charge is 0.357 e. The van der Waals surface area contributed by atoms with E-state index in [1.807, 2.05) is 6.92 Å². The molecule has 1 atom stereocenters. The first-order chi connectivity index (χ1) is 11.1. The van der Waals surface area contributed by atoms with E-state index < -0.39 is 0 Å². The molecule has 2 aromatic heterocycles. The van der Waals surface area contributed by atoms with E-state index in [9.17, 15) is 0 Å². The zero-order valence-corrected chi connectivity index (χ0v) is 14.4. The highest BCUT2D eigenvalue weighted by atomic mass is 16.5. The van der Waals surface area contributed by atoms with Gasteiger partial charge in [-0.15, -0.1) is 0 Å². The van der Waals surface area contributed by atoms with Gasteiger partial charge in [-0.3, -0.25) is 9.80 Å². The molecule has 126 valence electrons. The molecule has 0 aromatic carbocycles. The molecule has 0 aliphatic carbocycles. The molecule has 0 N–H and O–H groups in total. The zero-order valence-electron chi connectivity index (χ0n) is 14.4. The molecule has 1 saturated heterocycles. The summed E-state index contributed by atoms with van der Waals surface area (Å²) in [5.41, 5.74) is 1.40. The lowest BCUT2D eigenvalue weighted by atomic mass is 10.1. The van der Waals surface area contributed by atoms with Gasteiger partial charge >= 0.3 is 0 Å². The topological polar surface area (TPSA) is 50.3 Å². The van der Waals surface area contributed by atoms with Crippen molar-refractivity contribution in [3.05, 3.63) is 35.7 Å². The number of hydrogen-bond donors (Lipinski definition) is 0. The Morgan fingerprint density at radius 1 is 1.35 bits per heavy atom. The fourth-order valence-corrected chi connectivity index (χ4v) is 3.41. The molecule has 0 saturated carbocycles. The fraction of sp³-hybridized carbons (Fsp3) is 0.647. The Kier molecular flexibility index (Phi) is 5.13. The average molecular weight is 317 g/mol. The van der Waals surface area contributed by atoms with Gasteiger partial charge in [0.1, 0.15) is 0 Å². The van der Waals surface area contributed by atoms with E-state index in [-0.39, 0.29) is 0 Å². The molecule has 0 radical (unpaired) electrons. The predicted molar refractivity (Wildman–Crippen MR) is 88.8 cm³/mol. The monoisotopic (exact) mass is 317 g/mol. The van der Waals surface area contributed by atoms with Crippen LogP contribution in [0, 0.1) is 6.92 Å². The first-order valence-electron chi connectivity index (χ1n) is 8.43. The summed E-state index contributed by atoms with van der Waals surface area (Å²) < 4.78 is 7.19.